The average Bonchev–Trinajstić information content (AvgIpc) is 2.36. The molecule has 20 heavy (non-hydrogen) atoms. The lowest BCUT2D eigenvalue weighted by atomic mass is 10.1. The van der Waals surface area contributed by atoms with E-state index in [1.807, 2.05) is 20.9 Å². The molecule has 0 aromatic carbocycles. The summed E-state index contributed by atoms with van der Waals surface area (Å²) in [7, 11) is 4.13. The van der Waals surface area contributed by atoms with Crippen molar-refractivity contribution in [1.82, 2.24) is 19.9 Å². The molecule has 0 bridgehead atoms. The molecule has 1 aliphatic rings. The van der Waals surface area contributed by atoms with Crippen molar-refractivity contribution in [1.29, 1.82) is 0 Å². The molecule has 1 saturated heterocycles. The zero-order chi connectivity index (χ0) is 14.7. The summed E-state index contributed by atoms with van der Waals surface area (Å²) in [6.45, 7) is 6.01. The summed E-state index contributed by atoms with van der Waals surface area (Å²) in [6, 6.07) is 0.681. The number of ether oxygens (including phenoxy) is 1. The van der Waals surface area contributed by atoms with Crippen LogP contribution in [-0.4, -0.2) is 59.2 Å². The predicted octanol–water partition coefficient (Wildman–Crippen LogP) is 0.771. The van der Waals surface area contributed by atoms with Crippen LogP contribution in [0.3, 0.4) is 0 Å². The highest BCUT2D eigenvalue weighted by Crippen LogP contribution is 2.20. The number of hydrogen-bond donors (Lipinski definition) is 1. The van der Waals surface area contributed by atoms with Crippen LogP contribution in [0, 0.1) is 0 Å². The van der Waals surface area contributed by atoms with Gasteiger partial charge < -0.3 is 20.3 Å². The van der Waals surface area contributed by atoms with Crippen LogP contribution in [0.1, 0.15) is 26.7 Å². The van der Waals surface area contributed by atoms with Crippen molar-refractivity contribution in [2.45, 2.75) is 38.8 Å². The molecule has 7 heteroatoms. The monoisotopic (exact) mass is 280 g/mol. The molecule has 1 unspecified atom stereocenters. The van der Waals surface area contributed by atoms with E-state index in [9.17, 15) is 0 Å². The number of likely N-dealkylation sites (tertiary alicyclic amines) is 1. The van der Waals surface area contributed by atoms with E-state index in [1.54, 1.807) is 0 Å². The first-order valence-electron chi connectivity index (χ1n) is 7.05. The molecule has 1 aromatic rings. The topological polar surface area (TPSA) is 80.4 Å². The SMILES string of the molecule is CC(C)Oc1nc(N)nc(N(C)C2CCCN(C)C2)n1. The van der Waals surface area contributed by atoms with E-state index in [4.69, 9.17) is 10.5 Å². The van der Waals surface area contributed by atoms with Gasteiger partial charge in [0, 0.05) is 19.6 Å². The molecule has 1 aliphatic heterocycles. The van der Waals surface area contributed by atoms with Gasteiger partial charge in [-0.3, -0.25) is 0 Å². The number of rotatable bonds is 4. The largest absolute Gasteiger partial charge is 0.461 e. The lowest BCUT2D eigenvalue weighted by Gasteiger charge is -2.35. The third-order valence-electron chi connectivity index (χ3n) is 3.42. The van der Waals surface area contributed by atoms with E-state index in [1.165, 1.54) is 6.42 Å². The normalized spacial score (nSPS) is 20.1. The Bertz CT molecular complexity index is 452. The van der Waals surface area contributed by atoms with Crippen LogP contribution in [0.4, 0.5) is 11.9 Å². The minimum atomic E-state index is 0.00997. The van der Waals surface area contributed by atoms with Gasteiger partial charge in [-0.25, -0.2) is 0 Å². The molecule has 0 saturated carbocycles. The second-order valence-corrected chi connectivity index (χ2v) is 5.61. The Labute approximate surface area is 120 Å². The number of anilines is 2. The van der Waals surface area contributed by atoms with Crippen molar-refractivity contribution in [2.24, 2.45) is 0 Å². The number of nitrogen functional groups attached to an aromatic ring is 1. The molecule has 0 radical (unpaired) electrons. The average molecular weight is 280 g/mol. The summed E-state index contributed by atoms with van der Waals surface area (Å²) in [4.78, 5) is 17.0. The van der Waals surface area contributed by atoms with Gasteiger partial charge in [0.1, 0.15) is 0 Å². The van der Waals surface area contributed by atoms with Gasteiger partial charge in [-0.1, -0.05) is 0 Å². The Morgan fingerprint density at radius 3 is 2.75 bits per heavy atom. The molecule has 7 nitrogen and oxygen atoms in total. The molecule has 0 amide bonds. The summed E-state index contributed by atoms with van der Waals surface area (Å²) in [5.41, 5.74) is 5.75. The summed E-state index contributed by atoms with van der Waals surface area (Å²) in [5, 5.41) is 0. The van der Waals surface area contributed by atoms with Crippen LogP contribution < -0.4 is 15.4 Å². The smallest absolute Gasteiger partial charge is 0.323 e. The molecule has 2 heterocycles. The molecule has 0 spiro atoms. The van der Waals surface area contributed by atoms with E-state index in [2.05, 4.69) is 31.8 Å². The molecule has 2 rings (SSSR count). The lowest BCUT2D eigenvalue weighted by Crippen LogP contribution is -2.45. The Balaban J connectivity index is 2.16. The summed E-state index contributed by atoms with van der Waals surface area (Å²) < 4.78 is 5.51. The molecular weight excluding hydrogens is 256 g/mol. The van der Waals surface area contributed by atoms with Crippen molar-refractivity contribution in [3.63, 3.8) is 0 Å². The van der Waals surface area contributed by atoms with Crippen LogP contribution in [-0.2, 0) is 0 Å². The second kappa shape index (κ2) is 6.21. The first kappa shape index (κ1) is 14.8. The van der Waals surface area contributed by atoms with Gasteiger partial charge >= 0.3 is 6.01 Å². The van der Waals surface area contributed by atoms with Crippen LogP contribution in [0.5, 0.6) is 6.01 Å². The Morgan fingerprint density at radius 1 is 1.35 bits per heavy atom. The fourth-order valence-electron chi connectivity index (χ4n) is 2.40. The summed E-state index contributed by atoms with van der Waals surface area (Å²) in [5.74, 6) is 0.773. The Kier molecular flexibility index (Phi) is 4.59. The predicted molar refractivity (Wildman–Crippen MR) is 78.9 cm³/mol. The van der Waals surface area contributed by atoms with Gasteiger partial charge in [0.25, 0.3) is 0 Å². The Morgan fingerprint density at radius 2 is 2.10 bits per heavy atom. The van der Waals surface area contributed by atoms with Crippen LogP contribution in [0.15, 0.2) is 0 Å². The lowest BCUT2D eigenvalue weighted by molar-refractivity contribution is 0.221. The van der Waals surface area contributed by atoms with Crippen LogP contribution in [0.25, 0.3) is 0 Å². The molecule has 1 fully saturated rings. The highest BCUT2D eigenvalue weighted by molar-refractivity contribution is 5.36. The van der Waals surface area contributed by atoms with E-state index < -0.39 is 0 Å². The number of piperidine rings is 1. The van der Waals surface area contributed by atoms with Crippen molar-refractivity contribution in [2.75, 3.05) is 37.8 Å². The van der Waals surface area contributed by atoms with Gasteiger partial charge in [-0.15, -0.1) is 0 Å². The third kappa shape index (κ3) is 3.69. The van der Waals surface area contributed by atoms with Crippen LogP contribution >= 0.6 is 0 Å². The zero-order valence-corrected chi connectivity index (χ0v) is 12.7. The minimum Gasteiger partial charge on any atom is -0.461 e. The first-order valence-corrected chi connectivity index (χ1v) is 7.05. The molecular formula is C13H24N6O. The second-order valence-electron chi connectivity index (χ2n) is 5.61. The molecule has 1 atom stereocenters. The van der Waals surface area contributed by atoms with Gasteiger partial charge in [-0.05, 0) is 40.3 Å². The fraction of sp³-hybridized carbons (Fsp3) is 0.769. The van der Waals surface area contributed by atoms with E-state index in [0.29, 0.717) is 18.0 Å². The number of nitrogens with zero attached hydrogens (tertiary/aromatic N) is 5. The summed E-state index contributed by atoms with van der Waals surface area (Å²) in [6.07, 6.45) is 2.32. The first-order chi connectivity index (χ1) is 9.45. The highest BCUT2D eigenvalue weighted by Gasteiger charge is 2.23. The Hall–Kier alpha value is -1.63. The van der Waals surface area contributed by atoms with Crippen molar-refractivity contribution < 1.29 is 4.74 Å². The van der Waals surface area contributed by atoms with Gasteiger partial charge in [0.2, 0.25) is 11.9 Å². The molecule has 2 N–H and O–H groups in total. The highest BCUT2D eigenvalue weighted by atomic mass is 16.5. The van der Waals surface area contributed by atoms with Crippen molar-refractivity contribution in [3.05, 3.63) is 0 Å². The zero-order valence-electron chi connectivity index (χ0n) is 12.7. The molecule has 0 aliphatic carbocycles. The minimum absolute atomic E-state index is 0.00997. The maximum Gasteiger partial charge on any atom is 0.323 e. The van der Waals surface area contributed by atoms with E-state index in [-0.39, 0.29) is 12.1 Å². The van der Waals surface area contributed by atoms with E-state index in [0.717, 1.165) is 19.5 Å². The summed E-state index contributed by atoms with van der Waals surface area (Å²) >= 11 is 0. The number of aromatic nitrogens is 3. The standard InChI is InChI=1S/C13H24N6O/c1-9(2)20-13-16-11(14)15-12(17-13)19(4)10-6-5-7-18(3)8-10/h9-10H,5-8H2,1-4H3,(H2,14,15,16,17). The molecule has 112 valence electrons. The fourth-order valence-corrected chi connectivity index (χ4v) is 2.40. The van der Waals surface area contributed by atoms with Gasteiger partial charge in [0.05, 0.1) is 6.10 Å². The maximum atomic E-state index is 5.75. The van der Waals surface area contributed by atoms with Gasteiger partial charge in [0.15, 0.2) is 0 Å². The van der Waals surface area contributed by atoms with Crippen LogP contribution in [0.2, 0.25) is 0 Å². The maximum absolute atomic E-state index is 5.75. The number of likely N-dealkylation sites (N-methyl/N-ethyl adjacent to an activating group) is 2. The molecule has 1 aromatic heterocycles. The number of hydrogen-bond acceptors (Lipinski definition) is 7. The van der Waals surface area contributed by atoms with Gasteiger partial charge in [-0.2, -0.15) is 15.0 Å². The van der Waals surface area contributed by atoms with Crippen molar-refractivity contribution in [3.8, 4) is 6.01 Å². The quantitative estimate of drug-likeness (QED) is 0.872. The van der Waals surface area contributed by atoms with Crippen molar-refractivity contribution >= 4 is 11.9 Å². The van der Waals surface area contributed by atoms with E-state index >= 15 is 0 Å². The third-order valence-corrected chi connectivity index (χ3v) is 3.42. The number of nitrogens with two attached hydrogens (primary N) is 1.